The summed E-state index contributed by atoms with van der Waals surface area (Å²) in [5.41, 5.74) is 1.60. The van der Waals surface area contributed by atoms with E-state index in [1.807, 2.05) is 6.07 Å². The summed E-state index contributed by atoms with van der Waals surface area (Å²) >= 11 is 0. The molecular formula is C19H21N9O2. The van der Waals surface area contributed by atoms with Gasteiger partial charge in [0.25, 0.3) is 17.8 Å². The Morgan fingerprint density at radius 2 is 2.00 bits per heavy atom. The number of aromatic amines is 1. The first kappa shape index (κ1) is 18.4. The molecule has 1 atom stereocenters. The summed E-state index contributed by atoms with van der Waals surface area (Å²) in [6.07, 6.45) is 10.1. The van der Waals surface area contributed by atoms with Gasteiger partial charge in [-0.3, -0.25) is 24.2 Å². The molecule has 3 aromatic heterocycles. The van der Waals surface area contributed by atoms with Crippen LogP contribution in [-0.2, 0) is 6.42 Å². The third-order valence-corrected chi connectivity index (χ3v) is 5.39. The molecule has 0 radical (unpaired) electrons. The molecule has 4 heterocycles. The molecule has 5 rings (SSSR count). The molecular weight excluding hydrogens is 386 g/mol. The largest absolute Gasteiger partial charge is 0.349 e. The molecule has 0 bridgehead atoms. The number of carbonyl (C=O) groups excluding carboxylic acids is 2. The summed E-state index contributed by atoms with van der Waals surface area (Å²) < 4.78 is 1.53. The number of hydrogen-bond donors (Lipinski definition) is 2. The zero-order valence-electron chi connectivity index (χ0n) is 16.2. The molecule has 0 aromatic carbocycles. The Hall–Kier alpha value is -3.63. The predicted molar refractivity (Wildman–Crippen MR) is 104 cm³/mol. The van der Waals surface area contributed by atoms with E-state index in [-0.39, 0.29) is 17.6 Å². The van der Waals surface area contributed by atoms with Gasteiger partial charge in [-0.2, -0.15) is 4.98 Å². The lowest BCUT2D eigenvalue weighted by Crippen LogP contribution is -2.30. The second-order valence-corrected chi connectivity index (χ2v) is 7.79. The van der Waals surface area contributed by atoms with E-state index in [4.69, 9.17) is 0 Å². The summed E-state index contributed by atoms with van der Waals surface area (Å²) in [7, 11) is 0. The van der Waals surface area contributed by atoms with Crippen molar-refractivity contribution >= 4 is 11.8 Å². The molecule has 1 saturated carbocycles. The van der Waals surface area contributed by atoms with E-state index in [1.165, 1.54) is 17.2 Å². The van der Waals surface area contributed by atoms with E-state index in [0.717, 1.165) is 31.2 Å². The molecule has 3 aromatic rings. The first-order valence-electron chi connectivity index (χ1n) is 9.97. The topological polar surface area (TPSA) is 135 Å². The van der Waals surface area contributed by atoms with Crippen LogP contribution in [-0.4, -0.2) is 70.8 Å². The van der Waals surface area contributed by atoms with Gasteiger partial charge in [0.15, 0.2) is 0 Å². The van der Waals surface area contributed by atoms with Gasteiger partial charge in [-0.1, -0.05) is 0 Å². The molecule has 1 saturated heterocycles. The van der Waals surface area contributed by atoms with Crippen molar-refractivity contribution in [2.45, 2.75) is 31.7 Å². The fourth-order valence-corrected chi connectivity index (χ4v) is 3.65. The van der Waals surface area contributed by atoms with Crippen LogP contribution in [0.15, 0.2) is 31.1 Å². The molecule has 2 aliphatic rings. The molecule has 2 amide bonds. The number of aromatic nitrogens is 7. The standard InChI is InChI=1S/C19H21N9O2/c29-17(23-15-1-2-15)14-6-13(7-20-8-14)5-12-3-4-27(9-12)18(30)16-24-19(26-25-16)28-10-21-22-11-28/h6-8,10-12,15H,1-5,9H2,(H,23,29)(H,24,25,26). The zero-order chi connectivity index (χ0) is 20.5. The van der Waals surface area contributed by atoms with Crippen molar-refractivity contribution in [3.05, 3.63) is 48.1 Å². The lowest BCUT2D eigenvalue weighted by Gasteiger charge is -2.15. The highest BCUT2D eigenvalue weighted by Crippen LogP contribution is 2.23. The van der Waals surface area contributed by atoms with Gasteiger partial charge in [0, 0.05) is 31.5 Å². The van der Waals surface area contributed by atoms with Gasteiger partial charge in [0.1, 0.15) is 12.7 Å². The maximum absolute atomic E-state index is 12.8. The summed E-state index contributed by atoms with van der Waals surface area (Å²) in [5, 5.41) is 17.1. The smallest absolute Gasteiger partial charge is 0.291 e. The van der Waals surface area contributed by atoms with Gasteiger partial charge in [-0.25, -0.2) is 0 Å². The first-order valence-corrected chi connectivity index (χ1v) is 9.97. The van der Waals surface area contributed by atoms with Gasteiger partial charge in [-0.05, 0) is 43.2 Å². The van der Waals surface area contributed by atoms with Gasteiger partial charge >= 0.3 is 0 Å². The minimum Gasteiger partial charge on any atom is -0.349 e. The third kappa shape index (κ3) is 3.91. The second-order valence-electron chi connectivity index (χ2n) is 7.79. The van der Waals surface area contributed by atoms with Crippen molar-refractivity contribution in [3.8, 4) is 5.95 Å². The van der Waals surface area contributed by atoms with E-state index in [9.17, 15) is 9.59 Å². The Morgan fingerprint density at radius 1 is 1.17 bits per heavy atom. The van der Waals surface area contributed by atoms with Crippen LogP contribution in [0.5, 0.6) is 0 Å². The highest BCUT2D eigenvalue weighted by Gasteiger charge is 2.29. The minimum absolute atomic E-state index is 0.0655. The lowest BCUT2D eigenvalue weighted by molar-refractivity contribution is 0.0775. The average Bonchev–Trinajstić information content (AvgIpc) is 3.20. The Balaban J connectivity index is 1.20. The number of nitrogens with one attached hydrogen (secondary N) is 2. The molecule has 1 aliphatic carbocycles. The van der Waals surface area contributed by atoms with Gasteiger partial charge in [0.05, 0.1) is 5.56 Å². The van der Waals surface area contributed by atoms with Crippen LogP contribution in [0.2, 0.25) is 0 Å². The van der Waals surface area contributed by atoms with Crippen LogP contribution in [0.4, 0.5) is 0 Å². The van der Waals surface area contributed by atoms with Crippen molar-refractivity contribution in [1.82, 2.24) is 45.1 Å². The van der Waals surface area contributed by atoms with Crippen molar-refractivity contribution in [1.29, 1.82) is 0 Å². The van der Waals surface area contributed by atoms with Crippen LogP contribution in [0.25, 0.3) is 5.95 Å². The first-order chi connectivity index (χ1) is 14.7. The second kappa shape index (κ2) is 7.65. The molecule has 1 aliphatic heterocycles. The number of carbonyl (C=O) groups is 2. The van der Waals surface area contributed by atoms with Crippen LogP contribution in [0, 0.1) is 5.92 Å². The third-order valence-electron chi connectivity index (χ3n) is 5.39. The Kier molecular flexibility index (Phi) is 4.69. The fourth-order valence-electron chi connectivity index (χ4n) is 3.65. The number of likely N-dealkylation sites (tertiary alicyclic amines) is 1. The van der Waals surface area contributed by atoms with Gasteiger partial charge in [0.2, 0.25) is 5.82 Å². The van der Waals surface area contributed by atoms with E-state index >= 15 is 0 Å². The Labute approximate surface area is 171 Å². The number of nitrogens with zero attached hydrogens (tertiary/aromatic N) is 7. The molecule has 0 spiro atoms. The minimum atomic E-state index is -0.181. The highest BCUT2D eigenvalue weighted by atomic mass is 16.2. The maximum atomic E-state index is 12.8. The number of amides is 2. The van der Waals surface area contributed by atoms with Crippen molar-refractivity contribution in [3.63, 3.8) is 0 Å². The molecule has 2 N–H and O–H groups in total. The lowest BCUT2D eigenvalue weighted by atomic mass is 9.99. The van der Waals surface area contributed by atoms with E-state index in [1.54, 1.807) is 17.3 Å². The average molecular weight is 407 g/mol. The SMILES string of the molecule is O=C(NC1CC1)c1cncc(CC2CCN(C(=O)c3nc(-n4cnnc4)n[nH]3)C2)c1. The van der Waals surface area contributed by atoms with Crippen LogP contribution in [0.1, 0.15) is 45.8 Å². The van der Waals surface area contributed by atoms with Gasteiger partial charge < -0.3 is 10.2 Å². The van der Waals surface area contributed by atoms with E-state index < -0.39 is 0 Å². The number of pyridine rings is 1. The summed E-state index contributed by atoms with van der Waals surface area (Å²) in [5.74, 6) is 0.577. The van der Waals surface area contributed by atoms with E-state index in [2.05, 4.69) is 35.7 Å². The fraction of sp³-hybridized carbons (Fsp3) is 0.421. The molecule has 2 fully saturated rings. The van der Waals surface area contributed by atoms with Crippen molar-refractivity contribution < 1.29 is 9.59 Å². The van der Waals surface area contributed by atoms with Crippen molar-refractivity contribution in [2.24, 2.45) is 5.92 Å². The number of rotatable bonds is 6. The normalized spacial score (nSPS) is 18.5. The molecule has 30 heavy (non-hydrogen) atoms. The monoisotopic (exact) mass is 407 g/mol. The van der Waals surface area contributed by atoms with Crippen LogP contribution in [0.3, 0.4) is 0 Å². The summed E-state index contributed by atoms with van der Waals surface area (Å²) in [4.78, 5) is 35.2. The summed E-state index contributed by atoms with van der Waals surface area (Å²) in [6, 6.07) is 2.22. The van der Waals surface area contributed by atoms with Crippen molar-refractivity contribution in [2.75, 3.05) is 13.1 Å². The molecule has 154 valence electrons. The van der Waals surface area contributed by atoms with Gasteiger partial charge in [-0.15, -0.1) is 15.3 Å². The maximum Gasteiger partial charge on any atom is 0.291 e. The number of hydrogen-bond acceptors (Lipinski definition) is 7. The quantitative estimate of drug-likeness (QED) is 0.603. The zero-order valence-corrected chi connectivity index (χ0v) is 16.2. The molecule has 1 unspecified atom stereocenters. The van der Waals surface area contributed by atoms with Crippen LogP contribution >= 0.6 is 0 Å². The summed E-state index contributed by atoms with van der Waals surface area (Å²) in [6.45, 7) is 1.28. The predicted octanol–water partition coefficient (Wildman–Crippen LogP) is 0.377. The van der Waals surface area contributed by atoms with E-state index in [0.29, 0.717) is 36.6 Å². The Bertz CT molecular complexity index is 1060. The Morgan fingerprint density at radius 3 is 2.80 bits per heavy atom. The van der Waals surface area contributed by atoms with Crippen LogP contribution < -0.4 is 5.32 Å². The molecule has 11 nitrogen and oxygen atoms in total. The molecule has 11 heteroatoms. The highest BCUT2D eigenvalue weighted by molar-refractivity contribution is 5.94. The number of H-pyrrole nitrogens is 1.